The maximum atomic E-state index is 11.8. The van der Waals surface area contributed by atoms with Crippen molar-refractivity contribution in [2.75, 3.05) is 5.73 Å². The second kappa shape index (κ2) is 7.33. The van der Waals surface area contributed by atoms with E-state index in [9.17, 15) is 9.90 Å². The Balaban J connectivity index is 1.74. The predicted octanol–water partition coefficient (Wildman–Crippen LogP) is 2.61. The molecular formula is C17H20N2O2. The van der Waals surface area contributed by atoms with Crippen LogP contribution in [0.3, 0.4) is 0 Å². The Labute approximate surface area is 124 Å². The molecular weight excluding hydrogens is 264 g/mol. The van der Waals surface area contributed by atoms with E-state index in [0.29, 0.717) is 24.2 Å². The minimum atomic E-state index is -0.0206. The summed E-state index contributed by atoms with van der Waals surface area (Å²) >= 11 is 0. The van der Waals surface area contributed by atoms with E-state index in [2.05, 4.69) is 17.4 Å². The maximum Gasteiger partial charge on any atom is 0.220 e. The summed E-state index contributed by atoms with van der Waals surface area (Å²) in [5, 5.41) is 12.5. The number of carbonyl (C=O) groups is 1. The van der Waals surface area contributed by atoms with Crippen LogP contribution in [0.4, 0.5) is 5.69 Å². The number of phenolic OH excluding ortho intramolecular Hbond substituents is 1. The van der Waals surface area contributed by atoms with Gasteiger partial charge in [0, 0.05) is 24.2 Å². The summed E-state index contributed by atoms with van der Waals surface area (Å²) in [6, 6.07) is 14.9. The van der Waals surface area contributed by atoms with Crippen molar-refractivity contribution in [3.05, 3.63) is 59.7 Å². The Bertz CT molecular complexity index is 597. The molecule has 0 aromatic heterocycles. The molecule has 21 heavy (non-hydrogen) atoms. The molecule has 0 heterocycles. The molecule has 4 nitrogen and oxygen atoms in total. The molecule has 0 bridgehead atoms. The third-order valence-corrected chi connectivity index (χ3v) is 3.29. The Kier molecular flexibility index (Phi) is 5.21. The van der Waals surface area contributed by atoms with Gasteiger partial charge < -0.3 is 16.2 Å². The van der Waals surface area contributed by atoms with Crippen LogP contribution in [0.15, 0.2) is 48.5 Å². The number of aryl methyl sites for hydroxylation is 1. The van der Waals surface area contributed by atoms with Crippen LogP contribution in [-0.2, 0) is 17.8 Å². The van der Waals surface area contributed by atoms with Gasteiger partial charge in [0.15, 0.2) is 0 Å². The number of nitrogen functional groups attached to an aromatic ring is 1. The van der Waals surface area contributed by atoms with Crippen LogP contribution in [0, 0.1) is 0 Å². The second-order valence-corrected chi connectivity index (χ2v) is 5.00. The van der Waals surface area contributed by atoms with E-state index in [0.717, 1.165) is 12.8 Å². The molecule has 0 fully saturated rings. The first kappa shape index (κ1) is 14.9. The molecule has 0 aliphatic heterocycles. The highest BCUT2D eigenvalue weighted by molar-refractivity contribution is 5.76. The number of nitrogens with two attached hydrogens (primary N) is 1. The molecule has 2 aromatic carbocycles. The average molecular weight is 284 g/mol. The lowest BCUT2D eigenvalue weighted by Crippen LogP contribution is -2.22. The van der Waals surface area contributed by atoms with Crippen molar-refractivity contribution in [3.63, 3.8) is 0 Å². The van der Waals surface area contributed by atoms with Crippen LogP contribution in [0.5, 0.6) is 5.75 Å². The van der Waals surface area contributed by atoms with Gasteiger partial charge in [-0.3, -0.25) is 4.79 Å². The highest BCUT2D eigenvalue weighted by Gasteiger charge is 2.05. The van der Waals surface area contributed by atoms with Crippen molar-refractivity contribution < 1.29 is 9.90 Å². The summed E-state index contributed by atoms with van der Waals surface area (Å²) < 4.78 is 0. The standard InChI is InChI=1S/C17H20N2O2/c18-15-9-10-16(20)14(11-15)12-19-17(21)8-4-7-13-5-2-1-3-6-13/h1-3,5-6,9-11,20H,4,7-8,12,18H2,(H,19,21). The molecule has 2 rings (SSSR count). The zero-order valence-electron chi connectivity index (χ0n) is 11.9. The van der Waals surface area contributed by atoms with Gasteiger partial charge in [0.1, 0.15) is 5.75 Å². The van der Waals surface area contributed by atoms with Gasteiger partial charge in [0.2, 0.25) is 5.91 Å². The fourth-order valence-electron chi connectivity index (χ4n) is 2.13. The SMILES string of the molecule is Nc1ccc(O)c(CNC(=O)CCCc2ccccc2)c1. The van der Waals surface area contributed by atoms with Crippen LogP contribution in [0.25, 0.3) is 0 Å². The number of nitrogens with one attached hydrogen (secondary N) is 1. The lowest BCUT2D eigenvalue weighted by molar-refractivity contribution is -0.121. The molecule has 0 atom stereocenters. The number of benzene rings is 2. The Hall–Kier alpha value is -2.49. The van der Waals surface area contributed by atoms with Gasteiger partial charge in [-0.2, -0.15) is 0 Å². The second-order valence-electron chi connectivity index (χ2n) is 5.00. The van der Waals surface area contributed by atoms with Gasteiger partial charge in [0.25, 0.3) is 0 Å². The molecule has 0 aliphatic rings. The smallest absolute Gasteiger partial charge is 0.220 e. The Morgan fingerprint density at radius 2 is 1.90 bits per heavy atom. The zero-order valence-corrected chi connectivity index (χ0v) is 11.9. The van der Waals surface area contributed by atoms with Crippen molar-refractivity contribution in [1.82, 2.24) is 5.32 Å². The van der Waals surface area contributed by atoms with Crippen molar-refractivity contribution in [2.24, 2.45) is 0 Å². The van der Waals surface area contributed by atoms with Crippen molar-refractivity contribution in [1.29, 1.82) is 0 Å². The number of rotatable bonds is 6. The third kappa shape index (κ3) is 4.84. The van der Waals surface area contributed by atoms with E-state index < -0.39 is 0 Å². The van der Waals surface area contributed by atoms with Gasteiger partial charge in [-0.15, -0.1) is 0 Å². The molecule has 4 N–H and O–H groups in total. The molecule has 0 radical (unpaired) electrons. The number of aromatic hydroxyl groups is 1. The van der Waals surface area contributed by atoms with Crippen molar-refractivity contribution in [3.8, 4) is 5.75 Å². The van der Waals surface area contributed by atoms with Crippen molar-refractivity contribution >= 4 is 11.6 Å². The molecule has 0 spiro atoms. The summed E-state index contributed by atoms with van der Waals surface area (Å²) in [4.78, 5) is 11.8. The summed E-state index contributed by atoms with van der Waals surface area (Å²) in [7, 11) is 0. The molecule has 2 aromatic rings. The van der Waals surface area contributed by atoms with Gasteiger partial charge in [-0.1, -0.05) is 30.3 Å². The van der Waals surface area contributed by atoms with Crippen molar-refractivity contribution in [2.45, 2.75) is 25.8 Å². The van der Waals surface area contributed by atoms with E-state index in [1.165, 1.54) is 11.6 Å². The zero-order chi connectivity index (χ0) is 15.1. The van der Waals surface area contributed by atoms with Crippen LogP contribution >= 0.6 is 0 Å². The molecule has 0 saturated carbocycles. The van der Waals surface area contributed by atoms with Gasteiger partial charge in [-0.05, 0) is 36.6 Å². The maximum absolute atomic E-state index is 11.8. The van der Waals surface area contributed by atoms with E-state index in [1.54, 1.807) is 12.1 Å². The Morgan fingerprint density at radius 3 is 2.67 bits per heavy atom. The summed E-state index contributed by atoms with van der Waals surface area (Å²) in [6.45, 7) is 0.293. The van der Waals surface area contributed by atoms with E-state index in [1.807, 2.05) is 18.2 Å². The molecule has 0 aliphatic carbocycles. The first-order valence-electron chi connectivity index (χ1n) is 7.03. The first-order chi connectivity index (χ1) is 10.1. The normalized spacial score (nSPS) is 10.3. The quantitative estimate of drug-likeness (QED) is 0.564. The van der Waals surface area contributed by atoms with Crippen LogP contribution in [0.2, 0.25) is 0 Å². The molecule has 0 unspecified atom stereocenters. The van der Waals surface area contributed by atoms with E-state index in [4.69, 9.17) is 5.73 Å². The summed E-state index contributed by atoms with van der Waals surface area (Å²) in [6.07, 6.45) is 2.16. The number of phenols is 1. The Morgan fingerprint density at radius 1 is 1.14 bits per heavy atom. The number of anilines is 1. The van der Waals surface area contributed by atoms with E-state index in [-0.39, 0.29) is 11.7 Å². The summed E-state index contributed by atoms with van der Waals surface area (Å²) in [5.74, 6) is 0.126. The lowest BCUT2D eigenvalue weighted by atomic mass is 10.1. The number of hydrogen-bond acceptors (Lipinski definition) is 3. The fourth-order valence-corrected chi connectivity index (χ4v) is 2.13. The van der Waals surface area contributed by atoms with E-state index >= 15 is 0 Å². The fraction of sp³-hybridized carbons (Fsp3) is 0.235. The van der Waals surface area contributed by atoms with Gasteiger partial charge >= 0.3 is 0 Å². The van der Waals surface area contributed by atoms with Crippen LogP contribution < -0.4 is 11.1 Å². The third-order valence-electron chi connectivity index (χ3n) is 3.29. The first-order valence-corrected chi connectivity index (χ1v) is 7.03. The molecule has 4 heteroatoms. The largest absolute Gasteiger partial charge is 0.508 e. The highest BCUT2D eigenvalue weighted by Crippen LogP contribution is 2.19. The summed E-state index contributed by atoms with van der Waals surface area (Å²) in [5.41, 5.74) is 8.09. The number of amides is 1. The molecule has 1 amide bonds. The minimum Gasteiger partial charge on any atom is -0.508 e. The van der Waals surface area contributed by atoms with Crippen LogP contribution in [-0.4, -0.2) is 11.0 Å². The van der Waals surface area contributed by atoms with Gasteiger partial charge in [0.05, 0.1) is 0 Å². The highest BCUT2D eigenvalue weighted by atomic mass is 16.3. The van der Waals surface area contributed by atoms with Gasteiger partial charge in [-0.25, -0.2) is 0 Å². The average Bonchev–Trinajstić information content (AvgIpc) is 2.49. The minimum absolute atomic E-state index is 0.0206. The lowest BCUT2D eigenvalue weighted by Gasteiger charge is -2.08. The van der Waals surface area contributed by atoms with Crippen LogP contribution in [0.1, 0.15) is 24.0 Å². The molecule has 0 saturated heterocycles. The number of hydrogen-bond donors (Lipinski definition) is 3. The number of carbonyl (C=O) groups excluding carboxylic acids is 1. The predicted molar refractivity (Wildman–Crippen MR) is 83.7 cm³/mol. The molecule has 110 valence electrons. The topological polar surface area (TPSA) is 75.3 Å². The monoisotopic (exact) mass is 284 g/mol.